The molecule has 92 valence electrons. The molecular weight excluding hydrogens is 214 g/mol. The summed E-state index contributed by atoms with van der Waals surface area (Å²) in [5.74, 6) is 0.217. The number of hydrogen-bond donors (Lipinski definition) is 0. The van der Waals surface area contributed by atoms with E-state index in [1.54, 1.807) is 7.11 Å². The van der Waals surface area contributed by atoms with E-state index in [2.05, 4.69) is 6.07 Å². The summed E-state index contributed by atoms with van der Waals surface area (Å²) < 4.78 is 5.47. The third-order valence-corrected chi connectivity index (χ3v) is 3.24. The summed E-state index contributed by atoms with van der Waals surface area (Å²) in [6.07, 6.45) is 2.51. The van der Waals surface area contributed by atoms with E-state index in [0.29, 0.717) is 6.42 Å². The minimum Gasteiger partial charge on any atom is -0.377 e. The number of benzene rings is 1. The number of amides is 1. The van der Waals surface area contributed by atoms with Crippen LogP contribution in [-0.4, -0.2) is 19.6 Å². The Bertz CT molecular complexity index is 403. The smallest absolute Gasteiger partial charge is 0.226 e. The van der Waals surface area contributed by atoms with Crippen LogP contribution < -0.4 is 4.90 Å². The van der Waals surface area contributed by atoms with E-state index in [4.69, 9.17) is 4.74 Å². The van der Waals surface area contributed by atoms with Crippen molar-refractivity contribution in [1.82, 2.24) is 0 Å². The molecule has 0 spiro atoms. The van der Waals surface area contributed by atoms with Gasteiger partial charge in [-0.05, 0) is 18.9 Å². The Morgan fingerprint density at radius 1 is 1.47 bits per heavy atom. The maximum atomic E-state index is 12.0. The Balaban J connectivity index is 2.31. The lowest BCUT2D eigenvalue weighted by molar-refractivity contribution is -0.118. The average molecular weight is 233 g/mol. The van der Waals surface area contributed by atoms with Crippen molar-refractivity contribution >= 4 is 11.6 Å². The lowest BCUT2D eigenvalue weighted by atomic mass is 9.98. The van der Waals surface area contributed by atoms with Crippen LogP contribution in [0, 0.1) is 0 Å². The molecule has 0 fully saturated rings. The molecule has 0 saturated carbocycles. The van der Waals surface area contributed by atoms with Crippen LogP contribution >= 0.6 is 0 Å². The van der Waals surface area contributed by atoms with Gasteiger partial charge in [0.1, 0.15) is 0 Å². The van der Waals surface area contributed by atoms with Gasteiger partial charge in [0.2, 0.25) is 5.91 Å². The van der Waals surface area contributed by atoms with E-state index in [9.17, 15) is 4.79 Å². The molecule has 1 amide bonds. The molecule has 0 N–H and O–H groups in total. The van der Waals surface area contributed by atoms with Crippen molar-refractivity contribution in [3.8, 4) is 0 Å². The Labute approximate surface area is 102 Å². The van der Waals surface area contributed by atoms with Crippen molar-refractivity contribution < 1.29 is 9.53 Å². The second kappa shape index (κ2) is 5.32. The quantitative estimate of drug-likeness (QED) is 0.803. The predicted octanol–water partition coefficient (Wildman–Crippen LogP) is 2.91. The largest absolute Gasteiger partial charge is 0.377 e. The number of hydrogen-bond acceptors (Lipinski definition) is 2. The van der Waals surface area contributed by atoms with Gasteiger partial charge in [-0.3, -0.25) is 4.79 Å². The van der Waals surface area contributed by atoms with Gasteiger partial charge >= 0.3 is 0 Å². The number of carbonyl (C=O) groups is 1. The molecule has 0 aliphatic carbocycles. The monoisotopic (exact) mass is 233 g/mol. The number of fused-ring (bicyclic) bond motifs is 1. The number of carbonyl (C=O) groups excluding carboxylic acids is 1. The average Bonchev–Trinajstić information content (AvgIpc) is 2.37. The molecule has 1 aromatic rings. The molecule has 3 heteroatoms. The summed E-state index contributed by atoms with van der Waals surface area (Å²) in [6, 6.07) is 8.03. The van der Waals surface area contributed by atoms with Crippen molar-refractivity contribution in [3.63, 3.8) is 0 Å². The van der Waals surface area contributed by atoms with Gasteiger partial charge in [-0.25, -0.2) is 0 Å². The fourth-order valence-corrected chi connectivity index (χ4v) is 2.38. The first-order valence-corrected chi connectivity index (χ1v) is 6.20. The van der Waals surface area contributed by atoms with E-state index in [-0.39, 0.29) is 12.0 Å². The van der Waals surface area contributed by atoms with Gasteiger partial charge in [0, 0.05) is 31.3 Å². The third-order valence-electron chi connectivity index (χ3n) is 3.24. The highest BCUT2D eigenvalue weighted by molar-refractivity contribution is 5.94. The number of rotatable bonds is 3. The fraction of sp³-hybridized carbons (Fsp3) is 0.500. The van der Waals surface area contributed by atoms with Crippen LogP contribution in [0.2, 0.25) is 0 Å². The van der Waals surface area contributed by atoms with Crippen LogP contribution in [0.15, 0.2) is 24.3 Å². The molecule has 2 rings (SSSR count). The molecule has 1 heterocycles. The number of para-hydroxylation sites is 1. The van der Waals surface area contributed by atoms with E-state index in [0.717, 1.165) is 30.6 Å². The highest BCUT2D eigenvalue weighted by atomic mass is 16.5. The first kappa shape index (κ1) is 12.1. The maximum absolute atomic E-state index is 12.0. The summed E-state index contributed by atoms with van der Waals surface area (Å²) in [5, 5.41) is 0. The van der Waals surface area contributed by atoms with Crippen LogP contribution in [0.25, 0.3) is 0 Å². The summed E-state index contributed by atoms with van der Waals surface area (Å²) in [6.45, 7) is 2.79. The van der Waals surface area contributed by atoms with Gasteiger partial charge in [-0.2, -0.15) is 0 Å². The second-order valence-electron chi connectivity index (χ2n) is 4.37. The molecule has 1 aromatic carbocycles. The van der Waals surface area contributed by atoms with E-state index in [1.165, 1.54) is 0 Å². The van der Waals surface area contributed by atoms with Gasteiger partial charge in [0.25, 0.3) is 0 Å². The molecule has 1 aliphatic rings. The van der Waals surface area contributed by atoms with Crippen LogP contribution in [-0.2, 0) is 9.53 Å². The minimum absolute atomic E-state index is 0.122. The van der Waals surface area contributed by atoms with Gasteiger partial charge < -0.3 is 9.64 Å². The topological polar surface area (TPSA) is 29.5 Å². The standard InChI is InChI=1S/C14H19NO2/c1-3-6-14(16)15-10-9-13(17-2)11-7-4-5-8-12(11)15/h4-5,7-8,13H,3,6,9-10H2,1-2H3. The number of nitrogens with zero attached hydrogens (tertiary/aromatic N) is 1. The normalized spacial score (nSPS) is 18.9. The molecule has 3 nitrogen and oxygen atoms in total. The summed E-state index contributed by atoms with van der Waals surface area (Å²) in [4.78, 5) is 13.9. The zero-order chi connectivity index (χ0) is 12.3. The van der Waals surface area contributed by atoms with E-state index >= 15 is 0 Å². The highest BCUT2D eigenvalue weighted by Gasteiger charge is 2.27. The first-order valence-electron chi connectivity index (χ1n) is 6.20. The zero-order valence-corrected chi connectivity index (χ0v) is 10.5. The molecule has 0 radical (unpaired) electrons. The predicted molar refractivity (Wildman–Crippen MR) is 68.1 cm³/mol. The molecule has 0 aromatic heterocycles. The van der Waals surface area contributed by atoms with Crippen molar-refractivity contribution in [2.75, 3.05) is 18.6 Å². The molecule has 17 heavy (non-hydrogen) atoms. The highest BCUT2D eigenvalue weighted by Crippen LogP contribution is 2.35. The minimum atomic E-state index is 0.122. The Morgan fingerprint density at radius 2 is 2.24 bits per heavy atom. The molecule has 0 saturated heterocycles. The first-order chi connectivity index (χ1) is 8.27. The molecule has 1 unspecified atom stereocenters. The summed E-state index contributed by atoms with van der Waals surface area (Å²) >= 11 is 0. The zero-order valence-electron chi connectivity index (χ0n) is 10.5. The van der Waals surface area contributed by atoms with Gasteiger partial charge in [0.05, 0.1) is 6.10 Å². The number of ether oxygens (including phenoxy) is 1. The van der Waals surface area contributed by atoms with Crippen molar-refractivity contribution in [2.45, 2.75) is 32.3 Å². The van der Waals surface area contributed by atoms with Gasteiger partial charge in [-0.15, -0.1) is 0 Å². The Kier molecular flexibility index (Phi) is 3.79. The van der Waals surface area contributed by atoms with Gasteiger partial charge in [-0.1, -0.05) is 25.1 Å². The fourth-order valence-electron chi connectivity index (χ4n) is 2.38. The van der Waals surface area contributed by atoms with Crippen molar-refractivity contribution in [1.29, 1.82) is 0 Å². The SMILES string of the molecule is CCCC(=O)N1CCC(OC)c2ccccc21. The lowest BCUT2D eigenvalue weighted by Crippen LogP contribution is -2.36. The Hall–Kier alpha value is -1.35. The summed E-state index contributed by atoms with van der Waals surface area (Å²) in [7, 11) is 1.73. The number of anilines is 1. The van der Waals surface area contributed by atoms with Crippen LogP contribution in [0.1, 0.15) is 37.9 Å². The lowest BCUT2D eigenvalue weighted by Gasteiger charge is -2.33. The Morgan fingerprint density at radius 3 is 2.94 bits per heavy atom. The van der Waals surface area contributed by atoms with Crippen LogP contribution in [0.3, 0.4) is 0 Å². The third kappa shape index (κ3) is 2.34. The van der Waals surface area contributed by atoms with Crippen LogP contribution in [0.4, 0.5) is 5.69 Å². The van der Waals surface area contributed by atoms with E-state index < -0.39 is 0 Å². The molecule has 1 atom stereocenters. The van der Waals surface area contributed by atoms with Crippen molar-refractivity contribution in [2.24, 2.45) is 0 Å². The van der Waals surface area contributed by atoms with Crippen molar-refractivity contribution in [3.05, 3.63) is 29.8 Å². The molecular formula is C14H19NO2. The van der Waals surface area contributed by atoms with E-state index in [1.807, 2.05) is 30.0 Å². The van der Waals surface area contributed by atoms with Crippen LogP contribution in [0.5, 0.6) is 0 Å². The molecule has 1 aliphatic heterocycles. The number of methoxy groups -OCH3 is 1. The summed E-state index contributed by atoms with van der Waals surface area (Å²) in [5.41, 5.74) is 2.15. The van der Waals surface area contributed by atoms with Gasteiger partial charge in [0.15, 0.2) is 0 Å². The molecule has 0 bridgehead atoms. The second-order valence-corrected chi connectivity index (χ2v) is 4.37. The maximum Gasteiger partial charge on any atom is 0.226 e.